The van der Waals surface area contributed by atoms with Crippen LogP contribution in [0.4, 0.5) is 10.3 Å². The summed E-state index contributed by atoms with van der Waals surface area (Å²) in [6.45, 7) is 4.03. The molecular formula is C15H15ClFN5. The highest BCUT2D eigenvalue weighted by Crippen LogP contribution is 2.31. The lowest BCUT2D eigenvalue weighted by molar-refractivity contribution is 0.617. The van der Waals surface area contributed by atoms with Crippen molar-refractivity contribution in [1.82, 2.24) is 19.5 Å². The monoisotopic (exact) mass is 319 g/mol. The van der Waals surface area contributed by atoms with Crippen molar-refractivity contribution in [3.05, 3.63) is 35.5 Å². The van der Waals surface area contributed by atoms with Gasteiger partial charge in [-0.1, -0.05) is 11.6 Å². The number of halogens is 2. The highest BCUT2D eigenvalue weighted by molar-refractivity contribution is 6.33. The average molecular weight is 320 g/mol. The van der Waals surface area contributed by atoms with E-state index >= 15 is 0 Å². The van der Waals surface area contributed by atoms with Crippen LogP contribution in [0.3, 0.4) is 0 Å². The molecule has 0 aliphatic heterocycles. The number of benzene rings is 1. The Morgan fingerprint density at radius 3 is 2.73 bits per heavy atom. The summed E-state index contributed by atoms with van der Waals surface area (Å²) in [6.07, 6.45) is 3.14. The number of hydrogen-bond donors (Lipinski definition) is 1. The first-order chi connectivity index (χ1) is 10.5. The third-order valence-corrected chi connectivity index (χ3v) is 3.71. The molecule has 0 saturated carbocycles. The molecule has 0 aliphatic rings. The van der Waals surface area contributed by atoms with Crippen LogP contribution in [0.5, 0.6) is 0 Å². The first-order valence-electron chi connectivity index (χ1n) is 6.88. The van der Waals surface area contributed by atoms with Gasteiger partial charge in [-0.2, -0.15) is 0 Å². The molecule has 0 radical (unpaired) electrons. The van der Waals surface area contributed by atoms with E-state index in [1.807, 2.05) is 24.5 Å². The Labute approximate surface area is 132 Å². The number of aromatic nitrogens is 4. The largest absolute Gasteiger partial charge is 0.357 e. The Bertz CT molecular complexity index is 843. The molecule has 2 aromatic heterocycles. The number of anilines is 1. The van der Waals surface area contributed by atoms with E-state index in [1.165, 1.54) is 12.3 Å². The summed E-state index contributed by atoms with van der Waals surface area (Å²) in [4.78, 5) is 12.5. The molecule has 3 aromatic rings. The van der Waals surface area contributed by atoms with Gasteiger partial charge in [0.2, 0.25) is 5.95 Å². The van der Waals surface area contributed by atoms with Crippen molar-refractivity contribution in [3.63, 3.8) is 0 Å². The van der Waals surface area contributed by atoms with Gasteiger partial charge >= 0.3 is 0 Å². The smallest absolute Gasteiger partial charge is 0.223 e. The molecule has 0 spiro atoms. The fraction of sp³-hybridized carbons (Fsp3) is 0.267. The molecule has 3 rings (SSSR count). The number of nitrogens with zero attached hydrogens (tertiary/aromatic N) is 4. The lowest BCUT2D eigenvalue weighted by Gasteiger charge is -2.10. The molecule has 0 amide bonds. The lowest BCUT2D eigenvalue weighted by atomic mass is 10.1. The second kappa shape index (κ2) is 5.53. The van der Waals surface area contributed by atoms with E-state index in [0.29, 0.717) is 33.3 Å². The molecule has 22 heavy (non-hydrogen) atoms. The molecule has 0 saturated heterocycles. The van der Waals surface area contributed by atoms with E-state index < -0.39 is 5.82 Å². The number of rotatable bonds is 3. The summed E-state index contributed by atoms with van der Waals surface area (Å²) in [5.74, 6) is 0.0323. The minimum atomic E-state index is -0.396. The van der Waals surface area contributed by atoms with Crippen molar-refractivity contribution in [2.75, 3.05) is 12.4 Å². The van der Waals surface area contributed by atoms with E-state index in [4.69, 9.17) is 11.6 Å². The first-order valence-corrected chi connectivity index (χ1v) is 7.25. The zero-order chi connectivity index (χ0) is 15.9. The Hall–Kier alpha value is -2.21. The number of nitrogens with one attached hydrogen (secondary N) is 1. The van der Waals surface area contributed by atoms with Crippen molar-refractivity contribution >= 4 is 28.6 Å². The van der Waals surface area contributed by atoms with Crippen molar-refractivity contribution in [3.8, 4) is 11.3 Å². The van der Waals surface area contributed by atoms with Crippen molar-refractivity contribution in [1.29, 1.82) is 0 Å². The fourth-order valence-electron chi connectivity index (χ4n) is 2.33. The number of hydrogen-bond acceptors (Lipinski definition) is 4. The molecule has 7 heteroatoms. The van der Waals surface area contributed by atoms with Crippen molar-refractivity contribution < 1.29 is 4.39 Å². The summed E-state index contributed by atoms with van der Waals surface area (Å²) >= 11 is 6.17. The Morgan fingerprint density at radius 1 is 1.27 bits per heavy atom. The topological polar surface area (TPSA) is 55.6 Å². The van der Waals surface area contributed by atoms with Crippen LogP contribution >= 0.6 is 11.6 Å². The van der Waals surface area contributed by atoms with Crippen LogP contribution in [0.1, 0.15) is 19.9 Å². The zero-order valence-corrected chi connectivity index (χ0v) is 13.2. The quantitative estimate of drug-likeness (QED) is 0.795. The Balaban J connectivity index is 2.25. The lowest BCUT2D eigenvalue weighted by Crippen LogP contribution is -2.00. The molecule has 0 unspecified atom stereocenters. The minimum absolute atomic E-state index is 0.174. The van der Waals surface area contributed by atoms with Crippen molar-refractivity contribution in [2.45, 2.75) is 19.9 Å². The summed E-state index contributed by atoms with van der Waals surface area (Å²) in [5, 5.41) is 3.22. The second-order valence-corrected chi connectivity index (χ2v) is 5.62. The normalized spacial score (nSPS) is 11.4. The van der Waals surface area contributed by atoms with Gasteiger partial charge in [0.05, 0.1) is 28.8 Å². The van der Waals surface area contributed by atoms with E-state index in [0.717, 1.165) is 0 Å². The number of imidazole rings is 1. The minimum Gasteiger partial charge on any atom is -0.357 e. The van der Waals surface area contributed by atoms with Crippen LogP contribution in [0.25, 0.3) is 22.3 Å². The van der Waals surface area contributed by atoms with Gasteiger partial charge in [0.15, 0.2) is 5.82 Å². The van der Waals surface area contributed by atoms with Gasteiger partial charge in [0.25, 0.3) is 0 Å². The highest BCUT2D eigenvalue weighted by atomic mass is 35.5. The van der Waals surface area contributed by atoms with Crippen LogP contribution in [-0.2, 0) is 0 Å². The highest BCUT2D eigenvalue weighted by Gasteiger charge is 2.15. The first kappa shape index (κ1) is 14.7. The fourth-order valence-corrected chi connectivity index (χ4v) is 2.53. The molecule has 5 nitrogen and oxygen atoms in total. The van der Waals surface area contributed by atoms with Gasteiger partial charge in [0, 0.05) is 18.7 Å². The van der Waals surface area contributed by atoms with Crippen LogP contribution in [0.15, 0.2) is 24.7 Å². The van der Waals surface area contributed by atoms with E-state index in [9.17, 15) is 4.39 Å². The van der Waals surface area contributed by atoms with Gasteiger partial charge in [-0.25, -0.2) is 19.3 Å². The zero-order valence-electron chi connectivity index (χ0n) is 12.4. The maximum atomic E-state index is 14.3. The number of fused-ring (bicyclic) bond motifs is 1. The predicted octanol–water partition coefficient (Wildman–Crippen LogP) is 3.91. The third-order valence-electron chi connectivity index (χ3n) is 3.43. The van der Waals surface area contributed by atoms with Gasteiger partial charge in [-0.3, -0.25) is 0 Å². The van der Waals surface area contributed by atoms with E-state index in [-0.39, 0.29) is 6.04 Å². The van der Waals surface area contributed by atoms with Crippen LogP contribution < -0.4 is 5.32 Å². The molecule has 2 heterocycles. The molecule has 0 aliphatic carbocycles. The summed E-state index contributed by atoms with van der Waals surface area (Å²) in [7, 11) is 1.71. The standard InChI is InChI=1S/C15H15ClFN5/c1-8(2)22-7-20-14-11(17)4-9(5-12(14)22)13-10(16)6-19-15(18-3)21-13/h4-8H,1-3H3,(H,18,19,21). The molecule has 0 bridgehead atoms. The third kappa shape index (κ3) is 2.39. The summed E-state index contributed by atoms with van der Waals surface area (Å²) in [5.41, 5.74) is 2.14. The summed E-state index contributed by atoms with van der Waals surface area (Å²) < 4.78 is 16.3. The van der Waals surface area contributed by atoms with Crippen LogP contribution in [0.2, 0.25) is 5.02 Å². The van der Waals surface area contributed by atoms with E-state index in [2.05, 4.69) is 20.3 Å². The van der Waals surface area contributed by atoms with Gasteiger partial charge in [-0.05, 0) is 26.0 Å². The van der Waals surface area contributed by atoms with E-state index in [1.54, 1.807) is 13.4 Å². The predicted molar refractivity (Wildman–Crippen MR) is 85.7 cm³/mol. The van der Waals surface area contributed by atoms with Gasteiger partial charge in [0.1, 0.15) is 5.52 Å². The van der Waals surface area contributed by atoms with Crippen LogP contribution in [0, 0.1) is 5.82 Å². The Morgan fingerprint density at radius 2 is 2.05 bits per heavy atom. The maximum Gasteiger partial charge on any atom is 0.223 e. The second-order valence-electron chi connectivity index (χ2n) is 5.21. The van der Waals surface area contributed by atoms with Crippen LogP contribution in [-0.4, -0.2) is 26.6 Å². The average Bonchev–Trinajstić information content (AvgIpc) is 2.92. The maximum absolute atomic E-state index is 14.3. The molecule has 1 N–H and O–H groups in total. The van der Waals surface area contributed by atoms with Gasteiger partial charge < -0.3 is 9.88 Å². The molecule has 114 valence electrons. The SMILES string of the molecule is CNc1ncc(Cl)c(-c2cc(F)c3ncn(C(C)C)c3c2)n1. The van der Waals surface area contributed by atoms with Crippen molar-refractivity contribution in [2.24, 2.45) is 0 Å². The molecule has 0 atom stereocenters. The van der Waals surface area contributed by atoms with Gasteiger partial charge in [-0.15, -0.1) is 0 Å². The molecular weight excluding hydrogens is 305 g/mol. The molecule has 0 fully saturated rings. The Kier molecular flexibility index (Phi) is 3.70. The summed E-state index contributed by atoms with van der Waals surface area (Å²) in [6, 6.07) is 3.42. The molecule has 1 aromatic carbocycles.